The summed E-state index contributed by atoms with van der Waals surface area (Å²) in [5.41, 5.74) is 0.473. The maximum Gasteiger partial charge on any atom is 0.391 e. The Hall–Kier alpha value is -3.61. The summed E-state index contributed by atoms with van der Waals surface area (Å²) in [5, 5.41) is 13.1. The number of methoxy groups -OCH3 is 1. The van der Waals surface area contributed by atoms with Gasteiger partial charge in [0.1, 0.15) is 16.5 Å². The zero-order valence-electron chi connectivity index (χ0n) is 19.5. The maximum absolute atomic E-state index is 14.1. The van der Waals surface area contributed by atoms with Crippen LogP contribution in [-0.2, 0) is 10.0 Å². The number of carboxylic acids is 1. The number of carboxylic acid groups (broad SMARTS) is 1. The van der Waals surface area contributed by atoms with Crippen LogP contribution in [0.4, 0.5) is 23.2 Å². The van der Waals surface area contributed by atoms with Gasteiger partial charge >= 0.3 is 12.1 Å². The molecule has 0 radical (unpaired) electrons. The van der Waals surface area contributed by atoms with Gasteiger partial charge in [-0.25, -0.2) is 22.3 Å². The molecule has 8 nitrogen and oxygen atoms in total. The number of aromatic carboxylic acids is 1. The molecule has 1 aliphatic rings. The van der Waals surface area contributed by atoms with Crippen LogP contribution in [0.2, 0.25) is 0 Å². The number of halogens is 4. The van der Waals surface area contributed by atoms with Gasteiger partial charge in [-0.2, -0.15) is 18.3 Å². The fourth-order valence-electron chi connectivity index (χ4n) is 4.41. The van der Waals surface area contributed by atoms with Crippen molar-refractivity contribution >= 4 is 21.7 Å². The smallest absolute Gasteiger partial charge is 0.391 e. The lowest BCUT2D eigenvalue weighted by Gasteiger charge is -2.30. The molecule has 0 atom stereocenters. The number of carbonyl (C=O) groups is 1. The second kappa shape index (κ2) is 10.0. The molecule has 0 bridgehead atoms. The Morgan fingerprint density at radius 3 is 2.35 bits per heavy atom. The van der Waals surface area contributed by atoms with E-state index in [1.807, 2.05) is 0 Å². The molecule has 0 aliphatic heterocycles. The van der Waals surface area contributed by atoms with Gasteiger partial charge in [0, 0.05) is 6.07 Å². The molecule has 0 unspecified atom stereocenters. The first-order valence-corrected chi connectivity index (χ1v) is 12.7. The maximum atomic E-state index is 14.1. The fourth-order valence-corrected chi connectivity index (χ4v) is 5.40. The molecule has 37 heavy (non-hydrogen) atoms. The van der Waals surface area contributed by atoms with Crippen LogP contribution in [0.15, 0.2) is 53.7 Å². The molecule has 0 spiro atoms. The van der Waals surface area contributed by atoms with E-state index in [4.69, 9.17) is 9.84 Å². The first-order chi connectivity index (χ1) is 17.4. The van der Waals surface area contributed by atoms with Crippen molar-refractivity contribution in [1.82, 2.24) is 9.78 Å². The Morgan fingerprint density at radius 2 is 1.78 bits per heavy atom. The number of nitrogens with zero attached hydrogens (tertiary/aromatic N) is 2. The third-order valence-corrected chi connectivity index (χ3v) is 7.77. The summed E-state index contributed by atoms with van der Waals surface area (Å²) in [6.45, 7) is 0. The average molecular weight is 542 g/mol. The number of rotatable bonds is 7. The largest absolute Gasteiger partial charge is 0.495 e. The molecular formula is C24H23F4N3O5S. The molecule has 13 heteroatoms. The van der Waals surface area contributed by atoms with Crippen molar-refractivity contribution in [2.75, 3.05) is 11.8 Å². The summed E-state index contributed by atoms with van der Waals surface area (Å²) < 4.78 is 87.1. The van der Waals surface area contributed by atoms with Gasteiger partial charge in [-0.05, 0) is 55.4 Å². The van der Waals surface area contributed by atoms with Crippen LogP contribution in [0.1, 0.15) is 47.5 Å². The second-order valence-electron chi connectivity index (χ2n) is 8.75. The number of ether oxygens (including phenoxy) is 1. The molecule has 3 aromatic rings. The van der Waals surface area contributed by atoms with Gasteiger partial charge in [0.15, 0.2) is 0 Å². The van der Waals surface area contributed by atoms with E-state index in [0.717, 1.165) is 17.8 Å². The molecule has 1 heterocycles. The highest BCUT2D eigenvalue weighted by Crippen LogP contribution is 2.43. The minimum absolute atomic E-state index is 0.0216. The lowest BCUT2D eigenvalue weighted by atomic mass is 9.78. The molecule has 2 aromatic carbocycles. The minimum Gasteiger partial charge on any atom is -0.495 e. The van der Waals surface area contributed by atoms with Gasteiger partial charge in [0.25, 0.3) is 10.0 Å². The molecule has 2 N–H and O–H groups in total. The molecule has 1 saturated carbocycles. The molecule has 1 aromatic heterocycles. The first kappa shape index (κ1) is 26.5. The Morgan fingerprint density at radius 1 is 1.14 bits per heavy atom. The summed E-state index contributed by atoms with van der Waals surface area (Å²) in [4.78, 5) is 10.9. The van der Waals surface area contributed by atoms with Gasteiger partial charge in [-0.3, -0.25) is 4.72 Å². The first-order valence-electron chi connectivity index (χ1n) is 11.2. The molecule has 198 valence electrons. The highest BCUT2D eigenvalue weighted by Gasteiger charge is 2.41. The molecule has 1 fully saturated rings. The van der Waals surface area contributed by atoms with Crippen molar-refractivity contribution in [1.29, 1.82) is 0 Å². The highest BCUT2D eigenvalue weighted by molar-refractivity contribution is 7.92. The number of aromatic nitrogens is 2. The lowest BCUT2D eigenvalue weighted by Crippen LogP contribution is -2.27. The normalized spacial score (nSPS) is 18.4. The minimum atomic E-state index is -4.24. The molecular weight excluding hydrogens is 518 g/mol. The third kappa shape index (κ3) is 5.71. The summed E-state index contributed by atoms with van der Waals surface area (Å²) in [7, 11) is -3.06. The molecule has 1 aliphatic carbocycles. The second-order valence-corrected chi connectivity index (χ2v) is 10.4. The highest BCUT2D eigenvalue weighted by atomic mass is 32.2. The predicted octanol–water partition coefficient (Wildman–Crippen LogP) is 5.36. The van der Waals surface area contributed by atoms with Crippen molar-refractivity contribution in [2.45, 2.75) is 42.7 Å². The third-order valence-electron chi connectivity index (χ3n) is 6.45. The number of sulfonamides is 1. The van der Waals surface area contributed by atoms with Crippen LogP contribution in [0.3, 0.4) is 0 Å². The van der Waals surface area contributed by atoms with Gasteiger partial charge in [-0.15, -0.1) is 0 Å². The Balaban J connectivity index is 1.49. The fraction of sp³-hybridized carbons (Fsp3) is 0.333. The van der Waals surface area contributed by atoms with E-state index in [2.05, 4.69) is 9.82 Å². The van der Waals surface area contributed by atoms with Crippen molar-refractivity contribution in [3.05, 3.63) is 65.7 Å². The summed E-state index contributed by atoms with van der Waals surface area (Å²) in [5.74, 6) is -4.10. The number of alkyl halides is 3. The zero-order valence-corrected chi connectivity index (χ0v) is 20.3. The van der Waals surface area contributed by atoms with Gasteiger partial charge in [0.05, 0.1) is 42.4 Å². The van der Waals surface area contributed by atoms with Crippen LogP contribution in [0, 0.1) is 11.7 Å². The number of benzene rings is 2. The van der Waals surface area contributed by atoms with Crippen LogP contribution in [0.5, 0.6) is 5.75 Å². The van der Waals surface area contributed by atoms with Crippen LogP contribution in [0.25, 0.3) is 5.69 Å². The molecule has 4 rings (SSSR count). The average Bonchev–Trinajstić information content (AvgIpc) is 3.35. The van der Waals surface area contributed by atoms with E-state index in [9.17, 15) is 30.8 Å². The summed E-state index contributed by atoms with van der Waals surface area (Å²) in [6, 6.07) is 8.57. The number of anilines is 1. The van der Waals surface area contributed by atoms with Crippen LogP contribution < -0.4 is 9.46 Å². The van der Waals surface area contributed by atoms with E-state index in [-0.39, 0.29) is 35.1 Å². The van der Waals surface area contributed by atoms with Gasteiger partial charge in [-0.1, -0.05) is 12.1 Å². The van der Waals surface area contributed by atoms with E-state index in [1.165, 1.54) is 18.0 Å². The number of hydrogen-bond donors (Lipinski definition) is 2. The Kier molecular flexibility index (Phi) is 7.18. The van der Waals surface area contributed by atoms with Gasteiger partial charge in [0.2, 0.25) is 0 Å². The number of nitrogens with one attached hydrogen (secondary N) is 1. The Bertz CT molecular complexity index is 1400. The van der Waals surface area contributed by atoms with Crippen molar-refractivity contribution < 1.29 is 40.6 Å². The van der Waals surface area contributed by atoms with Crippen LogP contribution in [-0.4, -0.2) is 42.6 Å². The van der Waals surface area contributed by atoms with Crippen molar-refractivity contribution in [2.24, 2.45) is 5.92 Å². The standard InChI is InChI=1S/C24H23F4N3O5S/c1-36-22-10-19(23(32)33)20(25)11-21(22)30-37(34,35)18-12-29-31(13-18)17-8-4-15(5-9-17)14-2-6-16(7-3-14)24(26,27)28/h4-5,8-14,16,30H,2-3,6-7H2,1H3,(H,32,33). The van der Waals surface area contributed by atoms with E-state index in [1.54, 1.807) is 24.3 Å². The Labute approximate surface area is 209 Å². The number of hydrogen-bond acceptors (Lipinski definition) is 5. The van der Waals surface area contributed by atoms with E-state index >= 15 is 0 Å². The summed E-state index contributed by atoms with van der Waals surface area (Å²) >= 11 is 0. The monoisotopic (exact) mass is 541 g/mol. The quantitative estimate of drug-likeness (QED) is 0.390. The van der Waals surface area contributed by atoms with Gasteiger partial charge < -0.3 is 9.84 Å². The van der Waals surface area contributed by atoms with Crippen molar-refractivity contribution in [3.63, 3.8) is 0 Å². The van der Waals surface area contributed by atoms with E-state index < -0.39 is 39.5 Å². The summed E-state index contributed by atoms with van der Waals surface area (Å²) in [6.07, 6.45) is -0.770. The predicted molar refractivity (Wildman–Crippen MR) is 125 cm³/mol. The molecule has 0 saturated heterocycles. The van der Waals surface area contributed by atoms with E-state index in [0.29, 0.717) is 24.6 Å². The zero-order chi connectivity index (χ0) is 27.0. The van der Waals surface area contributed by atoms with Crippen LogP contribution >= 0.6 is 0 Å². The lowest BCUT2D eigenvalue weighted by molar-refractivity contribution is -0.182. The topological polar surface area (TPSA) is 111 Å². The SMILES string of the molecule is COc1cc(C(=O)O)c(F)cc1NS(=O)(=O)c1cnn(-c2ccc(C3CCC(C(F)(F)F)CC3)cc2)c1. The van der Waals surface area contributed by atoms with Crippen molar-refractivity contribution in [3.8, 4) is 11.4 Å². The molecule has 0 amide bonds.